The van der Waals surface area contributed by atoms with Crippen molar-refractivity contribution in [1.82, 2.24) is 9.69 Å². The molecule has 116 valence electrons. The standard InChI is InChI=1S/C17H19BrN2OS/c18-15-6-4-13(5-7-15)14-3-1-2-12(10-14)11-19-17(21)16-8-9-22-20-16/h4-9,12,14H,1-3,10-11H2,(H,19,21). The minimum Gasteiger partial charge on any atom is -0.350 e. The van der Waals surface area contributed by atoms with E-state index in [0.717, 1.165) is 17.4 Å². The van der Waals surface area contributed by atoms with Gasteiger partial charge in [0, 0.05) is 16.4 Å². The van der Waals surface area contributed by atoms with Gasteiger partial charge >= 0.3 is 0 Å². The first-order valence-corrected chi connectivity index (χ1v) is 9.29. The van der Waals surface area contributed by atoms with Gasteiger partial charge in [-0.25, -0.2) is 0 Å². The van der Waals surface area contributed by atoms with E-state index in [0.29, 0.717) is 17.5 Å². The average molecular weight is 379 g/mol. The van der Waals surface area contributed by atoms with Gasteiger partial charge in [-0.05, 0) is 66.4 Å². The maximum absolute atomic E-state index is 12.0. The SMILES string of the molecule is O=C(NCC1CCCC(c2ccc(Br)cc2)C1)c1ccsn1. The van der Waals surface area contributed by atoms with Crippen LogP contribution in [0.4, 0.5) is 0 Å². The number of benzene rings is 1. The zero-order valence-electron chi connectivity index (χ0n) is 12.3. The predicted molar refractivity (Wildman–Crippen MR) is 93.3 cm³/mol. The molecule has 0 bridgehead atoms. The Bertz CT molecular complexity index is 612. The van der Waals surface area contributed by atoms with Crippen LogP contribution in [-0.2, 0) is 0 Å². The molecule has 0 saturated heterocycles. The van der Waals surface area contributed by atoms with Crippen molar-refractivity contribution >= 4 is 33.4 Å². The lowest BCUT2D eigenvalue weighted by Gasteiger charge is -2.29. The van der Waals surface area contributed by atoms with Gasteiger partial charge in [-0.1, -0.05) is 34.5 Å². The molecule has 2 atom stereocenters. The Kier molecular flexibility index (Phi) is 5.26. The molecule has 1 fully saturated rings. The summed E-state index contributed by atoms with van der Waals surface area (Å²) in [7, 11) is 0. The van der Waals surface area contributed by atoms with Gasteiger partial charge in [-0.3, -0.25) is 4.79 Å². The number of nitrogens with zero attached hydrogens (tertiary/aromatic N) is 1. The Morgan fingerprint density at radius 2 is 2.09 bits per heavy atom. The molecular formula is C17H19BrN2OS. The van der Waals surface area contributed by atoms with Crippen molar-refractivity contribution in [2.75, 3.05) is 6.54 Å². The van der Waals surface area contributed by atoms with Crippen molar-refractivity contribution in [3.05, 3.63) is 51.4 Å². The number of carbonyl (C=O) groups excluding carboxylic acids is 1. The molecule has 0 spiro atoms. The van der Waals surface area contributed by atoms with Crippen molar-refractivity contribution in [3.8, 4) is 0 Å². The number of nitrogens with one attached hydrogen (secondary N) is 1. The van der Waals surface area contributed by atoms with Gasteiger partial charge < -0.3 is 5.32 Å². The van der Waals surface area contributed by atoms with Crippen LogP contribution in [0.15, 0.2) is 40.2 Å². The van der Waals surface area contributed by atoms with Crippen LogP contribution in [0.5, 0.6) is 0 Å². The summed E-state index contributed by atoms with van der Waals surface area (Å²) in [5.74, 6) is 1.13. The van der Waals surface area contributed by atoms with E-state index in [1.165, 1.54) is 36.4 Å². The number of carbonyl (C=O) groups is 1. The van der Waals surface area contributed by atoms with Crippen molar-refractivity contribution in [2.24, 2.45) is 5.92 Å². The molecule has 1 aromatic heterocycles. The zero-order chi connectivity index (χ0) is 15.4. The van der Waals surface area contributed by atoms with Crippen LogP contribution in [-0.4, -0.2) is 16.8 Å². The van der Waals surface area contributed by atoms with Crippen molar-refractivity contribution in [2.45, 2.75) is 31.6 Å². The second-order valence-corrected chi connectivity index (χ2v) is 7.46. The summed E-state index contributed by atoms with van der Waals surface area (Å²) < 4.78 is 5.20. The van der Waals surface area contributed by atoms with Gasteiger partial charge in [-0.15, -0.1) is 0 Å². The number of hydrogen-bond donors (Lipinski definition) is 1. The minimum absolute atomic E-state index is 0.0491. The van der Waals surface area contributed by atoms with Crippen LogP contribution in [0.1, 0.15) is 47.7 Å². The largest absolute Gasteiger partial charge is 0.350 e. The Labute approximate surface area is 143 Å². The van der Waals surface area contributed by atoms with Crippen LogP contribution in [0.25, 0.3) is 0 Å². The first-order valence-electron chi connectivity index (χ1n) is 7.66. The first-order chi connectivity index (χ1) is 10.7. The quantitative estimate of drug-likeness (QED) is 0.843. The molecule has 1 amide bonds. The van der Waals surface area contributed by atoms with E-state index < -0.39 is 0 Å². The maximum atomic E-state index is 12.0. The fourth-order valence-electron chi connectivity index (χ4n) is 3.17. The van der Waals surface area contributed by atoms with Crippen LogP contribution in [0, 0.1) is 5.92 Å². The van der Waals surface area contributed by atoms with Crippen LogP contribution in [0.2, 0.25) is 0 Å². The lowest BCUT2D eigenvalue weighted by Crippen LogP contribution is -2.31. The monoisotopic (exact) mass is 378 g/mol. The van der Waals surface area contributed by atoms with Crippen LogP contribution in [0.3, 0.4) is 0 Å². The molecule has 1 saturated carbocycles. The van der Waals surface area contributed by atoms with Crippen LogP contribution >= 0.6 is 27.5 Å². The predicted octanol–water partition coefficient (Wildman–Crippen LogP) is 4.61. The molecule has 1 heterocycles. The molecule has 5 heteroatoms. The molecule has 1 N–H and O–H groups in total. The summed E-state index contributed by atoms with van der Waals surface area (Å²) in [5, 5.41) is 4.87. The smallest absolute Gasteiger partial charge is 0.270 e. The third kappa shape index (κ3) is 3.96. The third-order valence-electron chi connectivity index (χ3n) is 4.35. The summed E-state index contributed by atoms with van der Waals surface area (Å²) in [6.45, 7) is 0.753. The Balaban J connectivity index is 1.54. The van der Waals surface area contributed by atoms with Gasteiger partial charge in [0.05, 0.1) is 0 Å². The average Bonchev–Trinajstić information content (AvgIpc) is 3.08. The summed E-state index contributed by atoms with van der Waals surface area (Å²) in [6.07, 6.45) is 4.83. The molecule has 0 radical (unpaired) electrons. The highest BCUT2D eigenvalue weighted by atomic mass is 79.9. The second kappa shape index (κ2) is 7.38. The molecular weight excluding hydrogens is 360 g/mol. The molecule has 3 rings (SSSR count). The fourth-order valence-corrected chi connectivity index (χ4v) is 3.94. The van der Waals surface area contributed by atoms with Gasteiger partial charge in [0.25, 0.3) is 5.91 Å². The molecule has 1 aliphatic rings. The van der Waals surface area contributed by atoms with Crippen molar-refractivity contribution < 1.29 is 4.79 Å². The Morgan fingerprint density at radius 1 is 1.27 bits per heavy atom. The molecule has 1 aromatic carbocycles. The van der Waals surface area contributed by atoms with Gasteiger partial charge in [0.1, 0.15) is 5.69 Å². The zero-order valence-corrected chi connectivity index (χ0v) is 14.7. The van der Waals surface area contributed by atoms with Gasteiger partial charge in [0.2, 0.25) is 0 Å². The lowest BCUT2D eigenvalue weighted by atomic mass is 9.78. The Hall–Kier alpha value is -1.20. The maximum Gasteiger partial charge on any atom is 0.270 e. The number of hydrogen-bond acceptors (Lipinski definition) is 3. The normalized spacial score (nSPS) is 21.5. The summed E-state index contributed by atoms with van der Waals surface area (Å²) in [6, 6.07) is 10.4. The van der Waals surface area contributed by atoms with E-state index in [-0.39, 0.29) is 5.91 Å². The minimum atomic E-state index is -0.0491. The number of aromatic nitrogens is 1. The lowest BCUT2D eigenvalue weighted by molar-refractivity contribution is 0.0938. The van der Waals surface area contributed by atoms with Crippen molar-refractivity contribution in [3.63, 3.8) is 0 Å². The highest BCUT2D eigenvalue weighted by Gasteiger charge is 2.23. The molecule has 3 nitrogen and oxygen atoms in total. The highest BCUT2D eigenvalue weighted by Crippen LogP contribution is 2.36. The molecule has 1 aliphatic carbocycles. The summed E-state index contributed by atoms with van der Waals surface area (Å²) in [5.41, 5.74) is 1.95. The molecule has 2 aromatic rings. The molecule has 22 heavy (non-hydrogen) atoms. The van der Waals surface area contributed by atoms with E-state index >= 15 is 0 Å². The molecule has 2 unspecified atom stereocenters. The number of amides is 1. The van der Waals surface area contributed by atoms with Gasteiger partial charge in [-0.2, -0.15) is 4.37 Å². The van der Waals surface area contributed by atoms with E-state index in [1.807, 2.05) is 5.38 Å². The number of halogens is 1. The highest BCUT2D eigenvalue weighted by molar-refractivity contribution is 9.10. The van der Waals surface area contributed by atoms with Crippen LogP contribution < -0.4 is 5.32 Å². The topological polar surface area (TPSA) is 42.0 Å². The van der Waals surface area contributed by atoms with E-state index in [9.17, 15) is 4.79 Å². The second-order valence-electron chi connectivity index (χ2n) is 5.88. The van der Waals surface area contributed by atoms with E-state index in [4.69, 9.17) is 0 Å². The van der Waals surface area contributed by atoms with Crippen molar-refractivity contribution in [1.29, 1.82) is 0 Å². The van der Waals surface area contributed by atoms with Gasteiger partial charge in [0.15, 0.2) is 0 Å². The number of rotatable bonds is 4. The molecule has 0 aliphatic heterocycles. The summed E-state index contributed by atoms with van der Waals surface area (Å²) >= 11 is 4.80. The van der Waals surface area contributed by atoms with E-state index in [2.05, 4.69) is 49.9 Å². The third-order valence-corrected chi connectivity index (χ3v) is 5.43. The summed E-state index contributed by atoms with van der Waals surface area (Å²) in [4.78, 5) is 12.0. The van der Waals surface area contributed by atoms with E-state index in [1.54, 1.807) is 6.07 Å². The fraction of sp³-hybridized carbons (Fsp3) is 0.412. The first kappa shape index (κ1) is 15.7. The Morgan fingerprint density at radius 3 is 2.82 bits per heavy atom.